The van der Waals surface area contributed by atoms with Crippen LogP contribution in [0.1, 0.15) is 41.0 Å². The van der Waals surface area contributed by atoms with Crippen molar-refractivity contribution < 1.29 is 0 Å². The molecule has 2 atom stereocenters. The van der Waals surface area contributed by atoms with Crippen LogP contribution in [-0.2, 0) is 0 Å². The molecule has 0 aliphatic carbocycles. The summed E-state index contributed by atoms with van der Waals surface area (Å²) in [5.41, 5.74) is 0.466. The van der Waals surface area contributed by atoms with Gasteiger partial charge in [0.2, 0.25) is 0 Å². The molecule has 2 nitrogen and oxygen atoms in total. The van der Waals surface area contributed by atoms with Crippen molar-refractivity contribution in [2.24, 2.45) is 5.41 Å². The van der Waals surface area contributed by atoms with Crippen LogP contribution >= 0.6 is 0 Å². The summed E-state index contributed by atoms with van der Waals surface area (Å²) in [7, 11) is 0. The summed E-state index contributed by atoms with van der Waals surface area (Å²) in [6.07, 6.45) is 1.30. The largest absolute Gasteiger partial charge is 0.311 e. The summed E-state index contributed by atoms with van der Waals surface area (Å²) in [5.74, 6) is 0. The first-order chi connectivity index (χ1) is 6.38. The van der Waals surface area contributed by atoms with E-state index in [1.54, 1.807) is 0 Å². The van der Waals surface area contributed by atoms with E-state index in [1.165, 1.54) is 19.5 Å². The molecule has 0 bridgehead atoms. The van der Waals surface area contributed by atoms with Crippen LogP contribution in [0.25, 0.3) is 0 Å². The van der Waals surface area contributed by atoms with Crippen LogP contribution in [0.5, 0.6) is 0 Å². The molecule has 1 fully saturated rings. The first-order valence-corrected chi connectivity index (χ1v) is 5.86. The lowest BCUT2D eigenvalue weighted by Crippen LogP contribution is -2.54. The molecule has 1 aliphatic heterocycles. The molecule has 0 aromatic rings. The van der Waals surface area contributed by atoms with Crippen molar-refractivity contribution >= 4 is 0 Å². The number of rotatable bonds is 2. The Morgan fingerprint density at radius 1 is 1.29 bits per heavy atom. The van der Waals surface area contributed by atoms with Gasteiger partial charge in [-0.3, -0.25) is 4.90 Å². The van der Waals surface area contributed by atoms with Crippen molar-refractivity contribution in [1.82, 2.24) is 10.2 Å². The summed E-state index contributed by atoms with van der Waals surface area (Å²) >= 11 is 0. The van der Waals surface area contributed by atoms with Crippen LogP contribution in [0, 0.1) is 5.41 Å². The Kier molecular flexibility index (Phi) is 3.96. The van der Waals surface area contributed by atoms with Crippen LogP contribution in [-0.4, -0.2) is 36.6 Å². The van der Waals surface area contributed by atoms with Crippen molar-refractivity contribution in [2.75, 3.05) is 19.6 Å². The number of hydrogen-bond acceptors (Lipinski definition) is 2. The van der Waals surface area contributed by atoms with Crippen molar-refractivity contribution in [3.05, 3.63) is 0 Å². The van der Waals surface area contributed by atoms with E-state index >= 15 is 0 Å². The fourth-order valence-corrected chi connectivity index (χ4v) is 1.89. The van der Waals surface area contributed by atoms with Crippen molar-refractivity contribution in [3.8, 4) is 0 Å². The Labute approximate surface area is 89.1 Å². The van der Waals surface area contributed by atoms with Crippen molar-refractivity contribution in [3.63, 3.8) is 0 Å². The zero-order valence-corrected chi connectivity index (χ0v) is 10.4. The van der Waals surface area contributed by atoms with Gasteiger partial charge in [-0.1, -0.05) is 20.8 Å². The topological polar surface area (TPSA) is 15.3 Å². The van der Waals surface area contributed by atoms with Crippen LogP contribution in [0.3, 0.4) is 0 Å². The number of nitrogens with zero attached hydrogens (tertiary/aromatic N) is 1. The van der Waals surface area contributed by atoms with E-state index in [9.17, 15) is 0 Å². The zero-order chi connectivity index (χ0) is 10.8. The van der Waals surface area contributed by atoms with E-state index in [2.05, 4.69) is 44.8 Å². The first kappa shape index (κ1) is 12.0. The molecule has 1 aliphatic rings. The minimum Gasteiger partial charge on any atom is -0.311 e. The molecular formula is C12H26N2. The standard InChI is InChI=1S/C12H26N2/c1-10-9-14(11(2)8-13-10)7-6-12(3,4)5/h10-11,13H,6-9H2,1-5H3. The summed E-state index contributed by atoms with van der Waals surface area (Å²) in [6, 6.07) is 1.36. The monoisotopic (exact) mass is 198 g/mol. The van der Waals surface area contributed by atoms with Crippen molar-refractivity contribution in [1.29, 1.82) is 0 Å². The van der Waals surface area contributed by atoms with Gasteiger partial charge in [0.25, 0.3) is 0 Å². The quantitative estimate of drug-likeness (QED) is 0.731. The number of piperazine rings is 1. The lowest BCUT2D eigenvalue weighted by Gasteiger charge is -2.38. The lowest BCUT2D eigenvalue weighted by atomic mass is 9.91. The highest BCUT2D eigenvalue weighted by Crippen LogP contribution is 2.20. The van der Waals surface area contributed by atoms with Crippen LogP contribution < -0.4 is 5.32 Å². The van der Waals surface area contributed by atoms with Gasteiger partial charge in [-0.2, -0.15) is 0 Å². The van der Waals surface area contributed by atoms with Crippen molar-refractivity contribution in [2.45, 2.75) is 53.1 Å². The van der Waals surface area contributed by atoms with Crippen LogP contribution in [0.4, 0.5) is 0 Å². The third kappa shape index (κ3) is 3.97. The Bertz CT molecular complexity index is 172. The van der Waals surface area contributed by atoms with Gasteiger partial charge in [-0.25, -0.2) is 0 Å². The molecule has 0 saturated carbocycles. The van der Waals surface area contributed by atoms with Gasteiger partial charge in [0.15, 0.2) is 0 Å². The van der Waals surface area contributed by atoms with E-state index in [0.717, 1.165) is 6.54 Å². The van der Waals surface area contributed by atoms with E-state index < -0.39 is 0 Å². The maximum Gasteiger partial charge on any atom is 0.0193 e. The first-order valence-electron chi connectivity index (χ1n) is 5.86. The maximum atomic E-state index is 3.52. The van der Waals surface area contributed by atoms with E-state index in [0.29, 0.717) is 17.5 Å². The van der Waals surface area contributed by atoms with Gasteiger partial charge in [0, 0.05) is 25.2 Å². The normalized spacial score (nSPS) is 30.6. The molecule has 1 saturated heterocycles. The van der Waals surface area contributed by atoms with Crippen LogP contribution in [0.2, 0.25) is 0 Å². The summed E-state index contributed by atoms with van der Waals surface area (Å²) in [6.45, 7) is 15.2. The molecule has 0 aromatic carbocycles. The Hall–Kier alpha value is -0.0800. The smallest absolute Gasteiger partial charge is 0.0193 e. The Morgan fingerprint density at radius 3 is 2.50 bits per heavy atom. The number of nitrogens with one attached hydrogen (secondary N) is 1. The molecule has 1 N–H and O–H groups in total. The van der Waals surface area contributed by atoms with E-state index in [4.69, 9.17) is 0 Å². The molecule has 0 aromatic heterocycles. The summed E-state index contributed by atoms with van der Waals surface area (Å²) in [5, 5.41) is 3.52. The fourth-order valence-electron chi connectivity index (χ4n) is 1.89. The lowest BCUT2D eigenvalue weighted by molar-refractivity contribution is 0.129. The molecular weight excluding hydrogens is 172 g/mol. The average molecular weight is 198 g/mol. The average Bonchev–Trinajstić information content (AvgIpc) is 2.05. The predicted octanol–water partition coefficient (Wildman–Crippen LogP) is 2.10. The second kappa shape index (κ2) is 4.63. The Balaban J connectivity index is 2.35. The molecule has 1 rings (SSSR count). The molecule has 1 heterocycles. The molecule has 0 radical (unpaired) electrons. The van der Waals surface area contributed by atoms with E-state index in [-0.39, 0.29) is 0 Å². The molecule has 2 unspecified atom stereocenters. The third-order valence-corrected chi connectivity index (χ3v) is 3.04. The number of hydrogen-bond donors (Lipinski definition) is 1. The SMILES string of the molecule is CC1CN(CCC(C)(C)C)C(C)CN1. The highest BCUT2D eigenvalue weighted by Gasteiger charge is 2.23. The molecule has 0 spiro atoms. The summed E-state index contributed by atoms with van der Waals surface area (Å²) < 4.78 is 0. The van der Waals surface area contributed by atoms with E-state index in [1.807, 2.05) is 0 Å². The molecule has 2 heteroatoms. The van der Waals surface area contributed by atoms with Gasteiger partial charge in [-0.05, 0) is 32.2 Å². The highest BCUT2D eigenvalue weighted by molar-refractivity contribution is 4.82. The van der Waals surface area contributed by atoms with Crippen LogP contribution in [0.15, 0.2) is 0 Å². The minimum absolute atomic E-state index is 0.466. The van der Waals surface area contributed by atoms with Gasteiger partial charge >= 0.3 is 0 Å². The van der Waals surface area contributed by atoms with Gasteiger partial charge in [-0.15, -0.1) is 0 Å². The molecule has 84 valence electrons. The highest BCUT2D eigenvalue weighted by atomic mass is 15.2. The zero-order valence-electron chi connectivity index (χ0n) is 10.4. The van der Waals surface area contributed by atoms with Gasteiger partial charge in [0.1, 0.15) is 0 Å². The summed E-state index contributed by atoms with van der Waals surface area (Å²) in [4.78, 5) is 2.62. The third-order valence-electron chi connectivity index (χ3n) is 3.04. The second-order valence-electron chi connectivity index (χ2n) is 5.96. The van der Waals surface area contributed by atoms with Gasteiger partial charge in [0.05, 0.1) is 0 Å². The molecule has 14 heavy (non-hydrogen) atoms. The second-order valence-corrected chi connectivity index (χ2v) is 5.96. The Morgan fingerprint density at radius 2 is 1.93 bits per heavy atom. The minimum atomic E-state index is 0.466. The maximum absolute atomic E-state index is 3.52. The fraction of sp³-hybridized carbons (Fsp3) is 1.00. The predicted molar refractivity (Wildman–Crippen MR) is 62.6 cm³/mol. The molecule has 0 amide bonds. The van der Waals surface area contributed by atoms with Gasteiger partial charge < -0.3 is 5.32 Å².